The highest BCUT2D eigenvalue weighted by molar-refractivity contribution is 7.85. The minimum atomic E-state index is -3.81. The van der Waals surface area contributed by atoms with Crippen molar-refractivity contribution < 1.29 is 13.0 Å². The van der Waals surface area contributed by atoms with E-state index in [0.29, 0.717) is 6.54 Å². The van der Waals surface area contributed by atoms with E-state index in [1.807, 2.05) is 0 Å². The van der Waals surface area contributed by atoms with Crippen molar-refractivity contribution in [2.75, 3.05) is 25.4 Å². The van der Waals surface area contributed by atoms with Crippen LogP contribution < -0.4 is 0 Å². The van der Waals surface area contributed by atoms with Gasteiger partial charge in [0.2, 0.25) is 0 Å². The average molecular weight is 237 g/mol. The van der Waals surface area contributed by atoms with E-state index in [1.54, 1.807) is 0 Å². The molecule has 0 aliphatic heterocycles. The Morgan fingerprint density at radius 3 is 1.80 bits per heavy atom. The summed E-state index contributed by atoms with van der Waals surface area (Å²) in [5.74, 6) is -0.152. The highest BCUT2D eigenvalue weighted by Gasteiger charge is 2.09. The van der Waals surface area contributed by atoms with Crippen molar-refractivity contribution in [3.63, 3.8) is 0 Å². The molecule has 0 rings (SSSR count). The summed E-state index contributed by atoms with van der Waals surface area (Å²) >= 11 is 0. The van der Waals surface area contributed by atoms with Gasteiger partial charge >= 0.3 is 0 Å². The second-order valence-electron chi connectivity index (χ2n) is 3.83. The summed E-state index contributed by atoms with van der Waals surface area (Å²) in [7, 11) is -3.81. The molecule has 0 heterocycles. The molecule has 0 amide bonds. The molecule has 0 saturated heterocycles. The molecule has 15 heavy (non-hydrogen) atoms. The zero-order valence-corrected chi connectivity index (χ0v) is 10.6. The molecule has 0 saturated carbocycles. The van der Waals surface area contributed by atoms with E-state index in [0.717, 1.165) is 38.8 Å². The van der Waals surface area contributed by atoms with Gasteiger partial charge in [0, 0.05) is 6.54 Å². The number of unbranched alkanes of at least 4 members (excludes halogenated alkanes) is 2. The molecule has 0 aromatic carbocycles. The van der Waals surface area contributed by atoms with Gasteiger partial charge in [0.1, 0.15) is 0 Å². The van der Waals surface area contributed by atoms with Gasteiger partial charge in [-0.1, -0.05) is 26.7 Å². The van der Waals surface area contributed by atoms with E-state index in [9.17, 15) is 8.42 Å². The molecule has 0 aromatic heterocycles. The molecule has 0 fully saturated rings. The molecule has 0 atom stereocenters. The van der Waals surface area contributed by atoms with Crippen LogP contribution in [0.25, 0.3) is 0 Å². The molecule has 0 aliphatic rings. The number of rotatable bonds is 9. The molecule has 0 bridgehead atoms. The second kappa shape index (κ2) is 8.07. The molecule has 5 heteroatoms. The van der Waals surface area contributed by atoms with Crippen LogP contribution in [0.4, 0.5) is 0 Å². The van der Waals surface area contributed by atoms with Gasteiger partial charge < -0.3 is 4.90 Å². The molecule has 0 aromatic rings. The molecule has 0 radical (unpaired) electrons. The van der Waals surface area contributed by atoms with Crippen molar-refractivity contribution in [3.05, 3.63) is 0 Å². The Balaban J connectivity index is 3.89. The van der Waals surface area contributed by atoms with Crippen molar-refractivity contribution in [1.82, 2.24) is 4.90 Å². The van der Waals surface area contributed by atoms with E-state index in [-0.39, 0.29) is 5.75 Å². The minimum Gasteiger partial charge on any atom is -0.302 e. The Morgan fingerprint density at radius 1 is 1.00 bits per heavy atom. The maximum Gasteiger partial charge on any atom is 0.266 e. The van der Waals surface area contributed by atoms with Gasteiger partial charge in [0.05, 0.1) is 5.75 Å². The third-order valence-electron chi connectivity index (χ3n) is 2.32. The summed E-state index contributed by atoms with van der Waals surface area (Å²) < 4.78 is 29.9. The molecule has 4 nitrogen and oxygen atoms in total. The van der Waals surface area contributed by atoms with Crippen LogP contribution in [0.2, 0.25) is 0 Å². The van der Waals surface area contributed by atoms with Crippen LogP contribution in [0.3, 0.4) is 0 Å². The van der Waals surface area contributed by atoms with E-state index < -0.39 is 10.1 Å². The molecule has 0 unspecified atom stereocenters. The Hall–Kier alpha value is -0.130. The topological polar surface area (TPSA) is 57.6 Å². The van der Waals surface area contributed by atoms with E-state index in [4.69, 9.17) is 4.55 Å². The molecule has 0 spiro atoms. The van der Waals surface area contributed by atoms with Crippen molar-refractivity contribution in [3.8, 4) is 0 Å². The maximum atomic E-state index is 10.6. The largest absolute Gasteiger partial charge is 0.302 e. The fourth-order valence-corrected chi connectivity index (χ4v) is 1.83. The lowest BCUT2D eigenvalue weighted by molar-refractivity contribution is 0.278. The molecular formula is C10H23NO3S. The Bertz CT molecular complexity index is 231. The van der Waals surface area contributed by atoms with Gasteiger partial charge in [0.25, 0.3) is 10.1 Å². The standard InChI is InChI=1S/C10H23NO3S/c1-3-5-7-11(8-6-4-2)9-10-15(12,13)14/h3-10H2,1-2H3,(H,12,13,14). The van der Waals surface area contributed by atoms with E-state index in [1.165, 1.54) is 0 Å². The fraction of sp³-hybridized carbons (Fsp3) is 1.00. The van der Waals surface area contributed by atoms with E-state index in [2.05, 4.69) is 18.7 Å². The van der Waals surface area contributed by atoms with Gasteiger partial charge in [-0.25, -0.2) is 0 Å². The first-order valence-corrected chi connectivity index (χ1v) is 7.28. The summed E-state index contributed by atoms with van der Waals surface area (Å²) in [5, 5.41) is 0. The van der Waals surface area contributed by atoms with Crippen LogP contribution in [0.1, 0.15) is 39.5 Å². The molecule has 1 N–H and O–H groups in total. The summed E-state index contributed by atoms with van der Waals surface area (Å²) in [6, 6.07) is 0. The van der Waals surface area contributed by atoms with Gasteiger partial charge in [-0.05, 0) is 25.9 Å². The van der Waals surface area contributed by atoms with Crippen LogP contribution >= 0.6 is 0 Å². The molecular weight excluding hydrogens is 214 g/mol. The monoisotopic (exact) mass is 237 g/mol. The van der Waals surface area contributed by atoms with Crippen molar-refractivity contribution in [2.45, 2.75) is 39.5 Å². The third-order valence-corrected chi connectivity index (χ3v) is 3.02. The van der Waals surface area contributed by atoms with Crippen molar-refractivity contribution >= 4 is 10.1 Å². The summed E-state index contributed by atoms with van der Waals surface area (Å²) in [6.45, 7) is 6.51. The fourth-order valence-electron chi connectivity index (χ4n) is 1.34. The lowest BCUT2D eigenvalue weighted by atomic mass is 10.2. The minimum absolute atomic E-state index is 0.152. The van der Waals surface area contributed by atoms with Crippen LogP contribution in [-0.4, -0.2) is 43.3 Å². The second-order valence-corrected chi connectivity index (χ2v) is 5.41. The Kier molecular flexibility index (Phi) is 8.00. The van der Waals surface area contributed by atoms with Crippen LogP contribution in [0.5, 0.6) is 0 Å². The van der Waals surface area contributed by atoms with Gasteiger partial charge in [-0.3, -0.25) is 4.55 Å². The first-order valence-electron chi connectivity index (χ1n) is 5.67. The van der Waals surface area contributed by atoms with Crippen molar-refractivity contribution in [2.24, 2.45) is 0 Å². The van der Waals surface area contributed by atoms with Crippen LogP contribution in [-0.2, 0) is 10.1 Å². The number of hydrogen-bond acceptors (Lipinski definition) is 3. The molecule has 0 aliphatic carbocycles. The summed E-state index contributed by atoms with van der Waals surface area (Å²) in [6.07, 6.45) is 4.37. The summed E-state index contributed by atoms with van der Waals surface area (Å²) in [4.78, 5) is 2.11. The Labute approximate surface area is 93.4 Å². The Morgan fingerprint density at radius 2 is 1.47 bits per heavy atom. The number of hydrogen-bond donors (Lipinski definition) is 1. The molecule has 92 valence electrons. The van der Waals surface area contributed by atoms with Crippen LogP contribution in [0.15, 0.2) is 0 Å². The quantitative estimate of drug-likeness (QED) is 0.621. The highest BCUT2D eigenvalue weighted by atomic mass is 32.2. The third kappa shape index (κ3) is 10.2. The summed E-state index contributed by atoms with van der Waals surface area (Å²) in [5.41, 5.74) is 0. The smallest absolute Gasteiger partial charge is 0.266 e. The first kappa shape index (κ1) is 14.9. The zero-order valence-electron chi connectivity index (χ0n) is 9.78. The maximum absolute atomic E-state index is 10.6. The first-order chi connectivity index (χ1) is 6.99. The van der Waals surface area contributed by atoms with Crippen LogP contribution in [0, 0.1) is 0 Å². The predicted octanol–water partition coefficient (Wildman–Crippen LogP) is 1.78. The lowest BCUT2D eigenvalue weighted by Crippen LogP contribution is -2.31. The normalized spacial score (nSPS) is 12.3. The van der Waals surface area contributed by atoms with Gasteiger partial charge in [-0.2, -0.15) is 8.42 Å². The highest BCUT2D eigenvalue weighted by Crippen LogP contribution is 1.99. The van der Waals surface area contributed by atoms with Gasteiger partial charge in [-0.15, -0.1) is 0 Å². The van der Waals surface area contributed by atoms with E-state index >= 15 is 0 Å². The van der Waals surface area contributed by atoms with Crippen molar-refractivity contribution in [1.29, 1.82) is 0 Å². The lowest BCUT2D eigenvalue weighted by Gasteiger charge is -2.20. The average Bonchev–Trinajstić information content (AvgIpc) is 2.15. The predicted molar refractivity (Wildman–Crippen MR) is 62.7 cm³/mol. The van der Waals surface area contributed by atoms with Gasteiger partial charge in [0.15, 0.2) is 0 Å². The SMILES string of the molecule is CCCCN(CCCC)CCS(=O)(=O)O. The number of nitrogens with zero attached hydrogens (tertiary/aromatic N) is 1. The zero-order chi connectivity index (χ0) is 11.7.